The molecule has 1 aromatic heterocycles. The van der Waals surface area contributed by atoms with Gasteiger partial charge in [0.1, 0.15) is 0 Å². The lowest BCUT2D eigenvalue weighted by molar-refractivity contribution is -0.385. The van der Waals surface area contributed by atoms with Crippen LogP contribution in [-0.2, 0) is 11.2 Å². The summed E-state index contributed by atoms with van der Waals surface area (Å²) in [5.74, 6) is -0.0838. The summed E-state index contributed by atoms with van der Waals surface area (Å²) in [6.07, 6.45) is 3.57. The third-order valence-electron chi connectivity index (χ3n) is 3.67. The van der Waals surface area contributed by atoms with Gasteiger partial charge in [-0.05, 0) is 18.1 Å². The Bertz CT molecular complexity index is 993. The van der Waals surface area contributed by atoms with Gasteiger partial charge in [-0.15, -0.1) is 11.3 Å². The maximum absolute atomic E-state index is 12.1. The van der Waals surface area contributed by atoms with E-state index in [0.29, 0.717) is 26.7 Å². The van der Waals surface area contributed by atoms with Crippen LogP contribution in [0.3, 0.4) is 0 Å². The van der Waals surface area contributed by atoms with Crippen LogP contribution < -0.4 is 14.8 Å². The van der Waals surface area contributed by atoms with Crippen LogP contribution in [0.5, 0.6) is 0 Å². The predicted molar refractivity (Wildman–Crippen MR) is 99.2 cm³/mol. The lowest BCUT2D eigenvalue weighted by atomic mass is 9.91. The molecule has 0 unspecified atom stereocenters. The molecule has 0 radical (unpaired) electrons. The van der Waals surface area contributed by atoms with E-state index >= 15 is 0 Å². The monoisotopic (exact) mass is 360 g/mol. The number of nitro benzene ring substituents is 1. The predicted octanol–water partition coefficient (Wildman–Crippen LogP) is 2.13. The molecule has 7 heteroatoms. The van der Waals surface area contributed by atoms with Crippen LogP contribution in [0, 0.1) is 15.5 Å². The van der Waals surface area contributed by atoms with Gasteiger partial charge in [0.2, 0.25) is 0 Å². The normalized spacial score (nSPS) is 13.3. The number of carbonyl (C=O) groups is 1. The first-order chi connectivity index (χ1) is 11.6. The van der Waals surface area contributed by atoms with E-state index in [1.165, 1.54) is 12.1 Å². The molecule has 0 saturated carbocycles. The lowest BCUT2D eigenvalue weighted by Crippen LogP contribution is -2.22. The maximum Gasteiger partial charge on any atom is 0.273 e. The zero-order valence-electron chi connectivity index (χ0n) is 14.6. The first-order valence-electron chi connectivity index (χ1n) is 7.86. The van der Waals surface area contributed by atoms with Crippen LogP contribution in [0.4, 0.5) is 5.69 Å². The fourth-order valence-electron chi connectivity index (χ4n) is 2.15. The van der Waals surface area contributed by atoms with Gasteiger partial charge in [-0.25, -0.2) is 0 Å². The van der Waals surface area contributed by atoms with Crippen LogP contribution in [0.25, 0.3) is 12.2 Å². The van der Waals surface area contributed by atoms with Crippen LogP contribution in [0.2, 0.25) is 0 Å². The molecular formula is C18H20N2O4S. The summed E-state index contributed by atoms with van der Waals surface area (Å²) in [5, 5.41) is 11.2. The molecule has 0 fully saturated rings. The van der Waals surface area contributed by atoms with Crippen LogP contribution >= 0.6 is 11.3 Å². The Balaban J connectivity index is 2.52. The Morgan fingerprint density at radius 2 is 2.04 bits per heavy atom. The number of nitrogens with one attached hydrogen (secondary N) is 1. The van der Waals surface area contributed by atoms with Crippen molar-refractivity contribution in [1.29, 1.82) is 0 Å². The van der Waals surface area contributed by atoms with Crippen molar-refractivity contribution in [3.8, 4) is 0 Å². The number of thiazole rings is 1. The quantitative estimate of drug-likeness (QED) is 0.668. The van der Waals surface area contributed by atoms with Gasteiger partial charge in [-0.3, -0.25) is 19.7 Å². The van der Waals surface area contributed by atoms with Gasteiger partial charge >= 0.3 is 0 Å². The van der Waals surface area contributed by atoms with Gasteiger partial charge in [-0.1, -0.05) is 39.8 Å². The van der Waals surface area contributed by atoms with Gasteiger partial charge in [0.25, 0.3) is 11.2 Å². The Labute approximate surface area is 148 Å². The number of hydrogen-bond donors (Lipinski definition) is 1. The molecule has 0 amide bonds. The first-order valence-corrected chi connectivity index (χ1v) is 8.68. The minimum Gasteiger partial charge on any atom is -0.313 e. The van der Waals surface area contributed by atoms with Crippen molar-refractivity contribution >= 4 is 35.0 Å². The molecular weight excluding hydrogens is 340 g/mol. The molecule has 0 aliphatic rings. The fraction of sp³-hybridized carbons (Fsp3) is 0.333. The number of aromatic nitrogens is 1. The number of nitrogens with zero attached hydrogens (tertiary/aromatic N) is 1. The number of carbonyl (C=O) groups excluding carboxylic acids is 1. The van der Waals surface area contributed by atoms with E-state index in [-0.39, 0.29) is 17.0 Å². The third-order valence-corrected chi connectivity index (χ3v) is 4.63. The Hall–Kier alpha value is -2.54. The third kappa shape index (κ3) is 4.51. The minimum atomic E-state index is -0.526. The fourth-order valence-corrected chi connectivity index (χ4v) is 3.04. The van der Waals surface area contributed by atoms with Gasteiger partial charge in [0.05, 0.1) is 14.1 Å². The number of ketones is 1. The van der Waals surface area contributed by atoms with E-state index in [0.717, 1.165) is 11.3 Å². The van der Waals surface area contributed by atoms with Crippen molar-refractivity contribution in [3.63, 3.8) is 0 Å². The number of aryl methyl sites for hydroxylation is 1. The van der Waals surface area contributed by atoms with Crippen molar-refractivity contribution in [1.82, 2.24) is 4.98 Å². The molecule has 25 heavy (non-hydrogen) atoms. The second-order valence-corrected chi connectivity index (χ2v) is 7.77. The number of aromatic amines is 1. The smallest absolute Gasteiger partial charge is 0.273 e. The van der Waals surface area contributed by atoms with Crippen molar-refractivity contribution in [2.45, 2.75) is 34.1 Å². The zero-order chi connectivity index (χ0) is 18.8. The molecule has 6 nitrogen and oxygen atoms in total. The maximum atomic E-state index is 12.1. The highest BCUT2D eigenvalue weighted by molar-refractivity contribution is 7.07. The standard InChI is InChI=1S/C18H20N2O4S/c1-5-12-7-6-11(8-13(12)20(23)24)9-14-17(22)19-16(25-14)10-15(21)18(2,3)4/h6-10H,5H2,1-4H3,(H,19,22). The van der Waals surface area contributed by atoms with E-state index in [9.17, 15) is 19.7 Å². The SMILES string of the molecule is CCc1ccc(C=c2sc(=CC(=O)C(C)(C)C)[nH]c2=O)cc1[N+](=O)[O-]. The molecule has 0 atom stereocenters. The van der Waals surface area contributed by atoms with E-state index in [1.807, 2.05) is 6.92 Å². The molecule has 0 aliphatic carbocycles. The molecule has 1 heterocycles. The number of hydrogen-bond acceptors (Lipinski definition) is 5. The molecule has 1 N–H and O–H groups in total. The first kappa shape index (κ1) is 18.8. The largest absolute Gasteiger partial charge is 0.313 e. The van der Waals surface area contributed by atoms with Crippen molar-refractivity contribution in [2.75, 3.05) is 0 Å². The highest BCUT2D eigenvalue weighted by Gasteiger charge is 2.18. The van der Waals surface area contributed by atoms with Gasteiger partial charge in [0, 0.05) is 23.1 Å². The number of H-pyrrole nitrogens is 1. The molecule has 2 aromatic rings. The molecule has 0 bridgehead atoms. The van der Waals surface area contributed by atoms with Crippen molar-refractivity contribution < 1.29 is 9.72 Å². The molecule has 2 rings (SSSR count). The summed E-state index contributed by atoms with van der Waals surface area (Å²) >= 11 is 1.15. The number of Topliss-reactive ketones (excluding diaryl/α,β-unsaturated/α-hetero) is 1. The Kier molecular flexibility index (Phi) is 5.37. The van der Waals surface area contributed by atoms with Crippen molar-refractivity contribution in [3.05, 3.63) is 59.0 Å². The molecule has 0 saturated heterocycles. The lowest BCUT2D eigenvalue weighted by Gasteiger charge is -2.12. The molecule has 0 aliphatic heterocycles. The summed E-state index contributed by atoms with van der Waals surface area (Å²) in [6.45, 7) is 7.26. The summed E-state index contributed by atoms with van der Waals surface area (Å²) in [4.78, 5) is 37.5. The topological polar surface area (TPSA) is 93.1 Å². The second-order valence-electron chi connectivity index (χ2n) is 6.69. The average Bonchev–Trinajstić information content (AvgIpc) is 2.85. The van der Waals surface area contributed by atoms with E-state index in [4.69, 9.17) is 0 Å². The van der Waals surface area contributed by atoms with Gasteiger partial charge in [-0.2, -0.15) is 0 Å². The van der Waals surface area contributed by atoms with Crippen LogP contribution in [0.1, 0.15) is 38.8 Å². The molecule has 1 aromatic carbocycles. The second kappa shape index (κ2) is 7.14. The summed E-state index contributed by atoms with van der Waals surface area (Å²) in [6, 6.07) is 4.90. The Morgan fingerprint density at radius 1 is 1.36 bits per heavy atom. The highest BCUT2D eigenvalue weighted by Crippen LogP contribution is 2.21. The van der Waals surface area contributed by atoms with Crippen LogP contribution in [0.15, 0.2) is 23.0 Å². The van der Waals surface area contributed by atoms with Gasteiger partial charge in [0.15, 0.2) is 5.78 Å². The van der Waals surface area contributed by atoms with E-state index < -0.39 is 10.3 Å². The van der Waals surface area contributed by atoms with Crippen molar-refractivity contribution in [2.24, 2.45) is 5.41 Å². The number of benzene rings is 1. The average molecular weight is 360 g/mol. The minimum absolute atomic E-state index is 0.0407. The zero-order valence-corrected chi connectivity index (χ0v) is 15.4. The Morgan fingerprint density at radius 3 is 2.60 bits per heavy atom. The highest BCUT2D eigenvalue weighted by atomic mass is 32.1. The number of nitro groups is 1. The number of rotatable bonds is 4. The van der Waals surface area contributed by atoms with E-state index in [1.54, 1.807) is 39.0 Å². The summed E-state index contributed by atoms with van der Waals surface area (Å²) in [7, 11) is 0. The molecule has 132 valence electrons. The van der Waals surface area contributed by atoms with Gasteiger partial charge < -0.3 is 4.98 Å². The van der Waals surface area contributed by atoms with Crippen LogP contribution in [-0.4, -0.2) is 15.7 Å². The summed E-state index contributed by atoms with van der Waals surface area (Å²) < 4.78 is 0.863. The molecule has 0 spiro atoms. The van der Waals surface area contributed by atoms with E-state index in [2.05, 4.69) is 4.98 Å². The summed E-state index contributed by atoms with van der Waals surface area (Å²) in [5.41, 5.74) is 0.414.